The maximum absolute atomic E-state index is 11.7. The van der Waals surface area contributed by atoms with E-state index in [1.54, 1.807) is 10.6 Å². The molecule has 4 nitrogen and oxygen atoms in total. The van der Waals surface area contributed by atoms with Crippen LogP contribution >= 0.6 is 11.3 Å². The lowest BCUT2D eigenvalue weighted by Gasteiger charge is -2.13. The molecule has 2 aromatic rings. The lowest BCUT2D eigenvalue weighted by atomic mass is 10.0. The van der Waals surface area contributed by atoms with Crippen LogP contribution < -0.4 is 11.4 Å². The molecular formula is C12H15NO3S. The van der Waals surface area contributed by atoms with Gasteiger partial charge in [-0.15, -0.1) is 11.3 Å². The molecule has 0 radical (unpaired) electrons. The van der Waals surface area contributed by atoms with Crippen molar-refractivity contribution in [3.63, 3.8) is 0 Å². The monoisotopic (exact) mass is 253 g/mol. The van der Waals surface area contributed by atoms with Crippen molar-refractivity contribution in [3.8, 4) is 0 Å². The highest BCUT2D eigenvalue weighted by Gasteiger charge is 2.13. The van der Waals surface area contributed by atoms with E-state index >= 15 is 0 Å². The smallest absolute Gasteiger partial charge is 0.371 e. The van der Waals surface area contributed by atoms with Gasteiger partial charge >= 0.3 is 11.4 Å². The van der Waals surface area contributed by atoms with E-state index in [2.05, 4.69) is 13.8 Å². The van der Waals surface area contributed by atoms with E-state index in [1.165, 1.54) is 11.3 Å². The summed E-state index contributed by atoms with van der Waals surface area (Å²) in [5.74, 6) is -0.115. The molecule has 2 heterocycles. The summed E-state index contributed by atoms with van der Waals surface area (Å²) in [4.78, 5) is 23.2. The molecule has 0 atom stereocenters. The Hall–Kier alpha value is -1.36. The molecule has 92 valence electrons. The summed E-state index contributed by atoms with van der Waals surface area (Å²) in [5.41, 5.74) is 0.170. The fourth-order valence-electron chi connectivity index (χ4n) is 1.92. The van der Waals surface area contributed by atoms with Crippen molar-refractivity contribution < 1.29 is 4.42 Å². The number of rotatable bonds is 4. The lowest BCUT2D eigenvalue weighted by Crippen LogP contribution is -2.26. The average molecular weight is 253 g/mol. The van der Waals surface area contributed by atoms with Crippen LogP contribution in [-0.4, -0.2) is 4.57 Å². The zero-order valence-electron chi connectivity index (χ0n) is 9.93. The molecule has 0 aliphatic carbocycles. The summed E-state index contributed by atoms with van der Waals surface area (Å²) in [6.07, 6.45) is 2.02. The van der Waals surface area contributed by atoms with Crippen molar-refractivity contribution >= 4 is 21.6 Å². The van der Waals surface area contributed by atoms with E-state index in [4.69, 9.17) is 4.42 Å². The van der Waals surface area contributed by atoms with Gasteiger partial charge in [0.05, 0.1) is 5.52 Å². The van der Waals surface area contributed by atoms with Crippen LogP contribution in [0.2, 0.25) is 0 Å². The van der Waals surface area contributed by atoms with Gasteiger partial charge in [0.25, 0.3) is 0 Å². The molecule has 0 unspecified atom stereocenters. The Morgan fingerprint density at radius 1 is 1.35 bits per heavy atom. The number of aromatic nitrogens is 1. The fourth-order valence-corrected chi connectivity index (χ4v) is 2.69. The third-order valence-electron chi connectivity index (χ3n) is 3.12. The first-order valence-corrected chi connectivity index (χ1v) is 6.66. The molecule has 0 saturated heterocycles. The van der Waals surface area contributed by atoms with E-state index in [9.17, 15) is 9.59 Å². The number of nitrogens with zero attached hydrogens (tertiary/aromatic N) is 1. The van der Waals surface area contributed by atoms with Gasteiger partial charge in [0.1, 0.15) is 4.70 Å². The fraction of sp³-hybridized carbons (Fsp3) is 0.500. The van der Waals surface area contributed by atoms with E-state index < -0.39 is 11.4 Å². The molecule has 0 saturated carbocycles. The molecule has 0 amide bonds. The largest absolute Gasteiger partial charge is 0.422 e. The second kappa shape index (κ2) is 4.87. The molecule has 2 rings (SSSR count). The summed E-state index contributed by atoms with van der Waals surface area (Å²) in [6, 6.07) is 1.81. The van der Waals surface area contributed by atoms with Crippen molar-refractivity contribution in [1.82, 2.24) is 4.57 Å². The molecule has 0 bridgehead atoms. The highest BCUT2D eigenvalue weighted by molar-refractivity contribution is 7.17. The second-order valence-corrected chi connectivity index (χ2v) is 5.00. The molecule has 5 heteroatoms. The van der Waals surface area contributed by atoms with Crippen LogP contribution in [-0.2, 0) is 6.54 Å². The maximum Gasteiger partial charge on any atom is 0.422 e. The molecule has 17 heavy (non-hydrogen) atoms. The van der Waals surface area contributed by atoms with Crippen molar-refractivity contribution in [3.05, 3.63) is 32.4 Å². The Labute approximate surface area is 103 Å². The van der Waals surface area contributed by atoms with Gasteiger partial charge in [-0.05, 0) is 17.4 Å². The topological polar surface area (TPSA) is 52.2 Å². The second-order valence-electron chi connectivity index (χ2n) is 4.08. The number of fused-ring (bicyclic) bond motifs is 1. The van der Waals surface area contributed by atoms with Gasteiger partial charge < -0.3 is 4.42 Å². The van der Waals surface area contributed by atoms with Crippen LogP contribution in [0, 0.1) is 5.92 Å². The first kappa shape index (κ1) is 12.1. The van der Waals surface area contributed by atoms with Crippen LogP contribution in [0.1, 0.15) is 26.7 Å². The number of hydrogen-bond donors (Lipinski definition) is 0. The van der Waals surface area contributed by atoms with Crippen LogP contribution in [0.15, 0.2) is 25.5 Å². The van der Waals surface area contributed by atoms with Gasteiger partial charge in [0.2, 0.25) is 0 Å². The third-order valence-corrected chi connectivity index (χ3v) is 4.00. The highest BCUT2D eigenvalue weighted by atomic mass is 32.1. The van der Waals surface area contributed by atoms with E-state index in [0.717, 1.165) is 12.8 Å². The van der Waals surface area contributed by atoms with E-state index in [1.807, 2.05) is 5.38 Å². The molecule has 0 aromatic carbocycles. The predicted octanol–water partition coefficient (Wildman–Crippen LogP) is 2.45. The van der Waals surface area contributed by atoms with Crippen LogP contribution in [0.5, 0.6) is 0 Å². The zero-order chi connectivity index (χ0) is 12.4. The van der Waals surface area contributed by atoms with E-state index in [-0.39, 0.29) is 0 Å². The number of hydrogen-bond acceptors (Lipinski definition) is 4. The summed E-state index contributed by atoms with van der Waals surface area (Å²) in [6.45, 7) is 4.81. The van der Waals surface area contributed by atoms with Crippen LogP contribution in [0.25, 0.3) is 10.2 Å². The summed E-state index contributed by atoms with van der Waals surface area (Å²) in [5, 5.41) is 1.81. The Bertz CT molecular complexity index is 618. The zero-order valence-corrected chi connectivity index (χ0v) is 10.8. The normalized spacial score (nSPS) is 11.5. The first-order chi connectivity index (χ1) is 8.17. The summed E-state index contributed by atoms with van der Waals surface area (Å²) in [7, 11) is 0. The van der Waals surface area contributed by atoms with Gasteiger partial charge in [0.15, 0.2) is 0 Å². The van der Waals surface area contributed by atoms with Crippen molar-refractivity contribution in [1.29, 1.82) is 0 Å². The van der Waals surface area contributed by atoms with Crippen molar-refractivity contribution in [2.24, 2.45) is 5.92 Å². The standard InChI is InChI=1S/C12H15NO3S/c1-3-8(4-2)7-13-9-5-6-17-10(9)11(14)16-12(13)15/h5-6,8H,3-4,7H2,1-2H3. The lowest BCUT2D eigenvalue weighted by molar-refractivity contribution is 0.361. The average Bonchev–Trinajstić information content (AvgIpc) is 2.79. The van der Waals surface area contributed by atoms with Gasteiger partial charge in [0, 0.05) is 6.54 Å². The summed E-state index contributed by atoms with van der Waals surface area (Å²) < 4.78 is 6.83. The van der Waals surface area contributed by atoms with Gasteiger partial charge in [-0.2, -0.15) is 0 Å². The third kappa shape index (κ3) is 2.20. The van der Waals surface area contributed by atoms with Gasteiger partial charge in [-0.25, -0.2) is 9.59 Å². The highest BCUT2D eigenvalue weighted by Crippen LogP contribution is 2.18. The minimum Gasteiger partial charge on any atom is -0.371 e. The SMILES string of the molecule is CCC(CC)Cn1c(=O)oc(=O)c2sccc21. The van der Waals surface area contributed by atoms with Crippen molar-refractivity contribution in [2.45, 2.75) is 33.2 Å². The molecule has 0 aliphatic heterocycles. The number of thiophene rings is 1. The first-order valence-electron chi connectivity index (χ1n) is 5.78. The Kier molecular flexibility index (Phi) is 3.47. The predicted molar refractivity (Wildman–Crippen MR) is 68.7 cm³/mol. The Balaban J connectivity index is 2.56. The molecule has 0 spiro atoms. The molecule has 0 fully saturated rings. The molecule has 0 aliphatic rings. The van der Waals surface area contributed by atoms with E-state index in [0.29, 0.717) is 22.7 Å². The quantitative estimate of drug-likeness (QED) is 0.841. The van der Waals surface area contributed by atoms with Crippen molar-refractivity contribution in [2.75, 3.05) is 0 Å². The Morgan fingerprint density at radius 2 is 2.06 bits per heavy atom. The molecule has 0 N–H and O–H groups in total. The van der Waals surface area contributed by atoms with Crippen LogP contribution in [0.4, 0.5) is 0 Å². The molecular weight excluding hydrogens is 238 g/mol. The minimum atomic E-state index is -0.548. The maximum atomic E-state index is 11.7. The molecule has 2 aromatic heterocycles. The Morgan fingerprint density at radius 3 is 2.71 bits per heavy atom. The summed E-state index contributed by atoms with van der Waals surface area (Å²) >= 11 is 1.31. The van der Waals surface area contributed by atoms with Gasteiger partial charge in [-0.3, -0.25) is 4.57 Å². The van der Waals surface area contributed by atoms with Gasteiger partial charge in [-0.1, -0.05) is 26.7 Å². The van der Waals surface area contributed by atoms with Crippen LogP contribution in [0.3, 0.4) is 0 Å². The minimum absolute atomic E-state index is 0.434.